The first-order valence-electron chi connectivity index (χ1n) is 13.7. The largest absolute Gasteiger partial charge is 0.417 e. The minimum atomic E-state index is -4.90. The monoisotopic (exact) mass is 561 g/mol. The molecule has 1 saturated heterocycles. The Kier molecular flexibility index (Phi) is 7.80. The van der Waals surface area contributed by atoms with E-state index in [-0.39, 0.29) is 17.8 Å². The molecule has 0 radical (unpaired) electrons. The summed E-state index contributed by atoms with van der Waals surface area (Å²) in [7, 11) is 2.01. The first kappa shape index (κ1) is 28.4. The summed E-state index contributed by atoms with van der Waals surface area (Å²) >= 11 is 0. The number of H-pyrrole nitrogens is 1. The number of rotatable bonds is 6. The number of amides is 1. The maximum Gasteiger partial charge on any atom is 0.417 e. The van der Waals surface area contributed by atoms with E-state index >= 15 is 4.39 Å². The zero-order valence-electron chi connectivity index (χ0n) is 22.9. The predicted molar refractivity (Wildman–Crippen MR) is 147 cm³/mol. The van der Waals surface area contributed by atoms with Gasteiger partial charge in [0, 0.05) is 62.6 Å². The third-order valence-corrected chi connectivity index (χ3v) is 8.36. The fourth-order valence-corrected chi connectivity index (χ4v) is 5.64. The molecule has 3 heterocycles. The predicted octanol–water partition coefficient (Wildman–Crippen LogP) is 4.81. The Bertz CT molecular complexity index is 1360. The second-order valence-electron chi connectivity index (χ2n) is 11.4. The molecule has 1 aliphatic carbocycles. The summed E-state index contributed by atoms with van der Waals surface area (Å²) in [4.78, 5) is 33.5. The van der Waals surface area contributed by atoms with Gasteiger partial charge in [-0.3, -0.25) is 19.4 Å². The first-order chi connectivity index (χ1) is 18.9. The molecule has 5 rings (SSSR count). The minimum Gasteiger partial charge on any atom is -0.367 e. The molecule has 0 bridgehead atoms. The molecule has 2 atom stereocenters. The van der Waals surface area contributed by atoms with Crippen LogP contribution < -0.4 is 15.8 Å². The van der Waals surface area contributed by atoms with Crippen LogP contribution >= 0.6 is 0 Å². The van der Waals surface area contributed by atoms with Crippen LogP contribution in [0.3, 0.4) is 0 Å². The number of alkyl halides is 3. The van der Waals surface area contributed by atoms with Crippen molar-refractivity contribution in [2.45, 2.75) is 51.4 Å². The number of halogens is 4. The summed E-state index contributed by atoms with van der Waals surface area (Å²) in [5.41, 5.74) is -1.22. The van der Waals surface area contributed by atoms with Crippen molar-refractivity contribution in [3.8, 4) is 0 Å². The Balaban J connectivity index is 1.51. The van der Waals surface area contributed by atoms with Crippen molar-refractivity contribution in [3.63, 3.8) is 0 Å². The Morgan fingerprint density at radius 1 is 1.12 bits per heavy atom. The van der Waals surface area contributed by atoms with E-state index in [1.807, 2.05) is 31.9 Å². The Labute approximate surface area is 230 Å². The summed E-state index contributed by atoms with van der Waals surface area (Å²) in [6.45, 7) is 7.72. The average molecular weight is 562 g/mol. The molecule has 3 aliphatic rings. The van der Waals surface area contributed by atoms with Gasteiger partial charge in [-0.2, -0.15) is 13.2 Å². The number of pyridine rings is 1. The van der Waals surface area contributed by atoms with Crippen molar-refractivity contribution in [2.24, 2.45) is 5.92 Å². The fourth-order valence-electron chi connectivity index (χ4n) is 5.64. The van der Waals surface area contributed by atoms with Gasteiger partial charge in [-0.05, 0) is 63.8 Å². The van der Waals surface area contributed by atoms with Gasteiger partial charge < -0.3 is 15.2 Å². The fraction of sp³-hybridized carbons (Fsp3) is 0.517. The summed E-state index contributed by atoms with van der Waals surface area (Å²) in [5.74, 6) is -0.726. The minimum absolute atomic E-state index is 0.129. The molecule has 2 fully saturated rings. The smallest absolute Gasteiger partial charge is 0.367 e. The lowest BCUT2D eigenvalue weighted by atomic mass is 9.96. The van der Waals surface area contributed by atoms with Crippen molar-refractivity contribution in [3.05, 3.63) is 63.3 Å². The molecule has 1 aromatic heterocycles. The van der Waals surface area contributed by atoms with Crippen LogP contribution in [0.15, 0.2) is 35.3 Å². The van der Waals surface area contributed by atoms with Crippen molar-refractivity contribution < 1.29 is 22.4 Å². The molecule has 2 N–H and O–H groups in total. The zero-order chi connectivity index (χ0) is 28.8. The molecule has 216 valence electrons. The molecular formula is C29H35F4N5O2. The highest BCUT2D eigenvalue weighted by Crippen LogP contribution is 2.38. The van der Waals surface area contributed by atoms with Gasteiger partial charge in [-0.25, -0.2) is 4.39 Å². The lowest BCUT2D eigenvalue weighted by Gasteiger charge is -2.44. The average Bonchev–Trinajstić information content (AvgIpc) is 3.71. The van der Waals surface area contributed by atoms with Crippen LogP contribution in [0.5, 0.6) is 0 Å². The van der Waals surface area contributed by atoms with E-state index in [9.17, 15) is 22.8 Å². The number of carbonyl (C=O) groups excluding carboxylic acids is 1. The Morgan fingerprint density at radius 2 is 1.82 bits per heavy atom. The number of hydrogen-bond acceptors (Lipinski definition) is 5. The molecule has 2 aromatic rings. The van der Waals surface area contributed by atoms with Crippen LogP contribution in [-0.2, 0) is 6.18 Å². The molecule has 0 spiro atoms. The standard InChI is InChI=1S/C29H35F4N5O2/c1-17-14-38(15-18(2)36(17)3)26-12-24(30)21(20-6-8-37(9-7-20)16-19-4-5-19)10-25(26)35-28(40)22-13-34-27(39)11-23(22)29(31,32)33/h6,10-13,17-19H,4-5,7-9,14-16H2,1-3H3,(H,34,39)(H,35,40)/t17-,18+. The van der Waals surface area contributed by atoms with E-state index < -0.39 is 34.6 Å². The first-order valence-corrected chi connectivity index (χ1v) is 13.7. The second kappa shape index (κ2) is 11.0. The van der Waals surface area contributed by atoms with Crippen LogP contribution in [0.25, 0.3) is 5.57 Å². The van der Waals surface area contributed by atoms with Gasteiger partial charge in [-0.1, -0.05) is 6.08 Å². The molecular weight excluding hydrogens is 526 g/mol. The number of likely N-dealkylation sites (N-methyl/N-ethyl adjacent to an activating group) is 1. The molecule has 2 aliphatic heterocycles. The van der Waals surface area contributed by atoms with E-state index in [1.54, 1.807) is 0 Å². The molecule has 1 aromatic carbocycles. The summed E-state index contributed by atoms with van der Waals surface area (Å²) in [6.07, 6.45) is 1.00. The van der Waals surface area contributed by atoms with Gasteiger partial charge in [0.05, 0.1) is 22.5 Å². The number of nitrogens with zero attached hydrogens (tertiary/aromatic N) is 3. The van der Waals surface area contributed by atoms with E-state index in [0.717, 1.165) is 30.8 Å². The van der Waals surface area contributed by atoms with Crippen LogP contribution in [0.4, 0.5) is 28.9 Å². The molecule has 7 nitrogen and oxygen atoms in total. The molecule has 11 heteroatoms. The topological polar surface area (TPSA) is 71.7 Å². The SMILES string of the molecule is C[C@@H]1CN(c2cc(F)c(C3=CCN(CC4CC4)CC3)cc2NC(=O)c2c[nH]c(=O)cc2C(F)(F)F)C[C@H](C)N1C. The third-order valence-electron chi connectivity index (χ3n) is 8.36. The zero-order valence-corrected chi connectivity index (χ0v) is 22.9. The molecule has 1 amide bonds. The number of hydrogen-bond donors (Lipinski definition) is 2. The van der Waals surface area contributed by atoms with Gasteiger partial charge >= 0.3 is 6.18 Å². The second-order valence-corrected chi connectivity index (χ2v) is 11.4. The van der Waals surface area contributed by atoms with Gasteiger partial charge in [0.25, 0.3) is 5.91 Å². The van der Waals surface area contributed by atoms with Gasteiger partial charge in [-0.15, -0.1) is 0 Å². The van der Waals surface area contributed by atoms with Gasteiger partial charge in [0.2, 0.25) is 5.56 Å². The summed E-state index contributed by atoms with van der Waals surface area (Å²) in [6, 6.07) is 3.55. The number of aromatic nitrogens is 1. The van der Waals surface area contributed by atoms with Crippen molar-refractivity contribution in [1.29, 1.82) is 0 Å². The van der Waals surface area contributed by atoms with Crippen LogP contribution in [0.1, 0.15) is 54.6 Å². The van der Waals surface area contributed by atoms with E-state index in [4.69, 9.17) is 0 Å². The van der Waals surface area contributed by atoms with Crippen molar-refractivity contribution >= 4 is 22.9 Å². The lowest BCUT2D eigenvalue weighted by molar-refractivity contribution is -0.138. The lowest BCUT2D eigenvalue weighted by Crippen LogP contribution is -2.55. The molecule has 40 heavy (non-hydrogen) atoms. The summed E-state index contributed by atoms with van der Waals surface area (Å²) in [5, 5.41) is 2.63. The number of anilines is 2. The summed E-state index contributed by atoms with van der Waals surface area (Å²) < 4.78 is 56.8. The quantitative estimate of drug-likeness (QED) is 0.496. The van der Waals surface area contributed by atoms with Crippen LogP contribution in [0, 0.1) is 11.7 Å². The van der Waals surface area contributed by atoms with Gasteiger partial charge in [0.15, 0.2) is 0 Å². The molecule has 1 saturated carbocycles. The maximum atomic E-state index is 15.7. The van der Waals surface area contributed by atoms with Crippen LogP contribution in [-0.4, -0.2) is 72.5 Å². The van der Waals surface area contributed by atoms with E-state index in [0.29, 0.717) is 43.4 Å². The number of nitrogens with one attached hydrogen (secondary N) is 2. The number of benzene rings is 1. The highest BCUT2D eigenvalue weighted by molar-refractivity contribution is 6.07. The van der Waals surface area contributed by atoms with Crippen molar-refractivity contribution in [2.75, 3.05) is 50.0 Å². The van der Waals surface area contributed by atoms with E-state index in [2.05, 4.69) is 20.1 Å². The number of aromatic amines is 1. The third kappa shape index (κ3) is 6.10. The Hall–Kier alpha value is -3.18. The van der Waals surface area contributed by atoms with E-state index in [1.165, 1.54) is 25.0 Å². The van der Waals surface area contributed by atoms with Gasteiger partial charge in [0.1, 0.15) is 5.82 Å². The highest BCUT2D eigenvalue weighted by atomic mass is 19.4. The maximum absolute atomic E-state index is 15.7. The molecule has 0 unspecified atom stereocenters. The Morgan fingerprint density at radius 3 is 2.42 bits per heavy atom. The normalized spacial score (nSPS) is 22.8. The van der Waals surface area contributed by atoms with Crippen LogP contribution in [0.2, 0.25) is 0 Å². The number of carbonyl (C=O) groups is 1. The highest BCUT2D eigenvalue weighted by Gasteiger charge is 2.36. The number of piperazine rings is 1. The van der Waals surface area contributed by atoms with Crippen molar-refractivity contribution in [1.82, 2.24) is 14.8 Å².